The summed E-state index contributed by atoms with van der Waals surface area (Å²) in [5, 5.41) is 7.69. The Balaban J connectivity index is 1.47. The lowest BCUT2D eigenvalue weighted by atomic mass is 10.1. The van der Waals surface area contributed by atoms with Gasteiger partial charge in [0, 0.05) is 48.6 Å². The van der Waals surface area contributed by atoms with Crippen LogP contribution in [0.3, 0.4) is 0 Å². The molecule has 4 rings (SSSR count). The number of carbonyl (C=O) groups excluding carboxylic acids is 2. The second kappa shape index (κ2) is 8.88. The fourth-order valence-electron chi connectivity index (χ4n) is 4.33. The standard InChI is InChI=1S/C24H29N5O2/c1-16-20(15-21(30)25-12-8-14-28-13-7-11-22(28)31)18(3)29-24(26-16)23(17(2)27-29)19-9-5-4-6-10-19/h4-6,9-10H,7-8,11-15H2,1-3H3,(H,25,30). The Labute approximate surface area is 182 Å². The maximum absolute atomic E-state index is 12.6. The zero-order valence-electron chi connectivity index (χ0n) is 18.4. The highest BCUT2D eigenvalue weighted by molar-refractivity contribution is 5.82. The van der Waals surface area contributed by atoms with E-state index in [4.69, 9.17) is 10.1 Å². The van der Waals surface area contributed by atoms with Crippen LogP contribution in [0.25, 0.3) is 16.8 Å². The largest absolute Gasteiger partial charge is 0.356 e. The third-order valence-corrected chi connectivity index (χ3v) is 6.00. The Morgan fingerprint density at radius 3 is 2.61 bits per heavy atom. The molecule has 0 unspecified atom stereocenters. The summed E-state index contributed by atoms with van der Waals surface area (Å²) >= 11 is 0. The summed E-state index contributed by atoms with van der Waals surface area (Å²) in [5.74, 6) is 0.189. The van der Waals surface area contributed by atoms with Gasteiger partial charge < -0.3 is 10.2 Å². The smallest absolute Gasteiger partial charge is 0.224 e. The third kappa shape index (κ3) is 4.31. The predicted molar refractivity (Wildman–Crippen MR) is 120 cm³/mol. The third-order valence-electron chi connectivity index (χ3n) is 6.00. The van der Waals surface area contributed by atoms with Gasteiger partial charge in [-0.1, -0.05) is 30.3 Å². The molecule has 1 fully saturated rings. The molecule has 31 heavy (non-hydrogen) atoms. The topological polar surface area (TPSA) is 79.6 Å². The lowest BCUT2D eigenvalue weighted by Crippen LogP contribution is -2.31. The van der Waals surface area contributed by atoms with Crippen LogP contribution in [0, 0.1) is 20.8 Å². The summed E-state index contributed by atoms with van der Waals surface area (Å²) in [6.45, 7) is 8.04. The highest BCUT2D eigenvalue weighted by atomic mass is 16.2. The monoisotopic (exact) mass is 419 g/mol. The first-order valence-corrected chi connectivity index (χ1v) is 10.9. The molecule has 1 saturated heterocycles. The van der Waals surface area contributed by atoms with E-state index in [2.05, 4.69) is 17.4 Å². The number of carbonyl (C=O) groups is 2. The van der Waals surface area contributed by atoms with Crippen molar-refractivity contribution in [2.24, 2.45) is 0 Å². The van der Waals surface area contributed by atoms with E-state index in [-0.39, 0.29) is 18.2 Å². The molecule has 0 aliphatic carbocycles. The highest BCUT2D eigenvalue weighted by Crippen LogP contribution is 2.29. The molecule has 0 radical (unpaired) electrons. The van der Waals surface area contributed by atoms with Gasteiger partial charge in [-0.2, -0.15) is 5.10 Å². The number of fused-ring (bicyclic) bond motifs is 1. The lowest BCUT2D eigenvalue weighted by Gasteiger charge is -2.15. The molecule has 1 aliphatic heterocycles. The van der Waals surface area contributed by atoms with Crippen molar-refractivity contribution in [3.05, 3.63) is 53.0 Å². The van der Waals surface area contributed by atoms with Crippen LogP contribution in [0.15, 0.2) is 30.3 Å². The van der Waals surface area contributed by atoms with E-state index in [1.54, 1.807) is 0 Å². The first-order chi connectivity index (χ1) is 15.0. The van der Waals surface area contributed by atoms with E-state index >= 15 is 0 Å². The number of rotatable bonds is 7. The number of amides is 2. The normalized spacial score (nSPS) is 13.9. The Morgan fingerprint density at radius 2 is 1.90 bits per heavy atom. The molecule has 7 heteroatoms. The first kappa shape index (κ1) is 21.0. The van der Waals surface area contributed by atoms with Crippen LogP contribution < -0.4 is 5.32 Å². The van der Waals surface area contributed by atoms with Crippen LogP contribution >= 0.6 is 0 Å². The Bertz CT molecular complexity index is 1120. The van der Waals surface area contributed by atoms with Gasteiger partial charge in [0.15, 0.2) is 5.65 Å². The molecule has 0 atom stereocenters. The van der Waals surface area contributed by atoms with E-state index in [0.717, 1.165) is 58.8 Å². The molecule has 1 N–H and O–H groups in total. The molecule has 3 aromatic rings. The number of likely N-dealkylation sites (tertiary alicyclic amines) is 1. The number of hydrogen-bond donors (Lipinski definition) is 1. The first-order valence-electron chi connectivity index (χ1n) is 10.9. The van der Waals surface area contributed by atoms with Crippen molar-refractivity contribution in [2.45, 2.75) is 46.5 Å². The summed E-state index contributed by atoms with van der Waals surface area (Å²) < 4.78 is 1.85. The van der Waals surface area contributed by atoms with E-state index in [0.29, 0.717) is 19.5 Å². The molecule has 7 nitrogen and oxygen atoms in total. The van der Waals surface area contributed by atoms with Crippen molar-refractivity contribution < 1.29 is 9.59 Å². The van der Waals surface area contributed by atoms with Crippen LogP contribution in [-0.4, -0.2) is 50.9 Å². The van der Waals surface area contributed by atoms with Crippen LogP contribution in [0.1, 0.15) is 41.9 Å². The molecule has 1 aliphatic rings. The SMILES string of the molecule is Cc1nc2c(-c3ccccc3)c(C)nn2c(C)c1CC(=O)NCCCN1CCCC1=O. The summed E-state index contributed by atoms with van der Waals surface area (Å²) in [6, 6.07) is 10.1. The van der Waals surface area contributed by atoms with Gasteiger partial charge in [0.1, 0.15) is 0 Å². The van der Waals surface area contributed by atoms with Crippen molar-refractivity contribution in [1.82, 2.24) is 24.8 Å². The molecule has 3 heterocycles. The molecule has 0 bridgehead atoms. The Hall–Kier alpha value is -3.22. The summed E-state index contributed by atoms with van der Waals surface area (Å²) in [4.78, 5) is 30.9. The minimum atomic E-state index is -0.0349. The van der Waals surface area contributed by atoms with Gasteiger partial charge in [-0.25, -0.2) is 9.50 Å². The number of benzene rings is 1. The molecule has 0 saturated carbocycles. The number of aromatic nitrogens is 3. The van der Waals surface area contributed by atoms with Crippen LogP contribution in [-0.2, 0) is 16.0 Å². The molecule has 2 amide bonds. The lowest BCUT2D eigenvalue weighted by molar-refractivity contribution is -0.127. The van der Waals surface area contributed by atoms with Crippen LogP contribution in [0.4, 0.5) is 0 Å². The number of hydrogen-bond acceptors (Lipinski definition) is 4. The fraction of sp³-hybridized carbons (Fsp3) is 0.417. The van der Waals surface area contributed by atoms with E-state index in [9.17, 15) is 9.59 Å². The maximum Gasteiger partial charge on any atom is 0.224 e. The van der Waals surface area contributed by atoms with Gasteiger partial charge in [0.2, 0.25) is 11.8 Å². The van der Waals surface area contributed by atoms with Crippen molar-refractivity contribution in [3.8, 4) is 11.1 Å². The Kier molecular flexibility index (Phi) is 6.02. The van der Waals surface area contributed by atoms with Gasteiger partial charge in [0.25, 0.3) is 0 Å². The van der Waals surface area contributed by atoms with Gasteiger partial charge >= 0.3 is 0 Å². The van der Waals surface area contributed by atoms with E-state index in [1.807, 2.05) is 48.4 Å². The average Bonchev–Trinajstić information content (AvgIpc) is 3.31. The maximum atomic E-state index is 12.6. The van der Waals surface area contributed by atoms with E-state index < -0.39 is 0 Å². The Morgan fingerprint density at radius 1 is 1.13 bits per heavy atom. The number of nitrogens with one attached hydrogen (secondary N) is 1. The number of aryl methyl sites for hydroxylation is 3. The fourth-order valence-corrected chi connectivity index (χ4v) is 4.33. The second-order valence-electron chi connectivity index (χ2n) is 8.19. The van der Waals surface area contributed by atoms with Crippen molar-refractivity contribution >= 4 is 17.5 Å². The average molecular weight is 420 g/mol. The molecule has 0 spiro atoms. The van der Waals surface area contributed by atoms with Crippen molar-refractivity contribution in [3.63, 3.8) is 0 Å². The highest BCUT2D eigenvalue weighted by Gasteiger charge is 2.20. The minimum absolute atomic E-state index is 0.0349. The number of nitrogens with zero attached hydrogens (tertiary/aromatic N) is 4. The quantitative estimate of drug-likeness (QED) is 0.597. The van der Waals surface area contributed by atoms with Gasteiger partial charge in [-0.15, -0.1) is 0 Å². The minimum Gasteiger partial charge on any atom is -0.356 e. The van der Waals surface area contributed by atoms with Crippen LogP contribution in [0.5, 0.6) is 0 Å². The van der Waals surface area contributed by atoms with E-state index in [1.165, 1.54) is 0 Å². The summed E-state index contributed by atoms with van der Waals surface area (Å²) in [5.41, 5.74) is 6.53. The van der Waals surface area contributed by atoms with Crippen molar-refractivity contribution in [1.29, 1.82) is 0 Å². The molecular formula is C24H29N5O2. The molecule has 162 valence electrons. The van der Waals surface area contributed by atoms with Crippen molar-refractivity contribution in [2.75, 3.05) is 19.6 Å². The molecule has 2 aromatic heterocycles. The zero-order chi connectivity index (χ0) is 22.0. The van der Waals surface area contributed by atoms with Gasteiger partial charge in [-0.05, 0) is 39.2 Å². The summed E-state index contributed by atoms with van der Waals surface area (Å²) in [7, 11) is 0. The predicted octanol–water partition coefficient (Wildman–Crippen LogP) is 2.99. The summed E-state index contributed by atoms with van der Waals surface area (Å²) in [6.07, 6.45) is 2.63. The van der Waals surface area contributed by atoms with Gasteiger partial charge in [0.05, 0.1) is 12.1 Å². The molecule has 1 aromatic carbocycles. The zero-order valence-corrected chi connectivity index (χ0v) is 18.4. The second-order valence-corrected chi connectivity index (χ2v) is 8.19. The van der Waals surface area contributed by atoms with Gasteiger partial charge in [-0.3, -0.25) is 9.59 Å². The molecular weight excluding hydrogens is 390 g/mol. The van der Waals surface area contributed by atoms with Crippen LogP contribution in [0.2, 0.25) is 0 Å².